The van der Waals surface area contributed by atoms with Crippen molar-refractivity contribution in [2.24, 2.45) is 0 Å². The van der Waals surface area contributed by atoms with Gasteiger partial charge in [-0.2, -0.15) is 0 Å². The number of hydrogen-bond donors (Lipinski definition) is 0. The topological polar surface area (TPSA) is 29.5 Å². The van der Waals surface area contributed by atoms with Gasteiger partial charge in [-0.05, 0) is 35.4 Å². The van der Waals surface area contributed by atoms with Crippen molar-refractivity contribution in [3.05, 3.63) is 72.3 Å². The van der Waals surface area contributed by atoms with Crippen LogP contribution in [0.4, 0.5) is 5.69 Å². The third kappa shape index (κ3) is 3.22. The molecule has 1 aliphatic rings. The van der Waals surface area contributed by atoms with E-state index in [2.05, 4.69) is 53.4 Å². The molecule has 4 rings (SSSR count). The molecule has 3 nitrogen and oxygen atoms in total. The summed E-state index contributed by atoms with van der Waals surface area (Å²) in [5.74, 6) is 1.02. The van der Waals surface area contributed by atoms with E-state index in [1.165, 1.54) is 16.3 Å². The summed E-state index contributed by atoms with van der Waals surface area (Å²) in [6, 6.07) is 23.0. The fourth-order valence-corrected chi connectivity index (χ4v) is 3.59. The number of anilines is 1. The molecule has 0 aliphatic carbocycles. The number of carbonyl (C=O) groups excluding carboxylic acids is 1. The Kier molecular flexibility index (Phi) is 4.14. The van der Waals surface area contributed by atoms with E-state index in [1.807, 2.05) is 18.2 Å². The van der Waals surface area contributed by atoms with Crippen LogP contribution in [0.5, 0.6) is 5.75 Å². The molecule has 0 spiro atoms. The Bertz CT molecular complexity index is 913. The minimum absolute atomic E-state index is 0.0950. The molecule has 0 bridgehead atoms. The number of para-hydroxylation sites is 2. The van der Waals surface area contributed by atoms with Gasteiger partial charge in [0.15, 0.2) is 0 Å². The number of benzene rings is 3. The number of hydrogen-bond acceptors (Lipinski definition) is 3. The second-order valence-electron chi connectivity index (χ2n) is 6.63. The molecule has 0 radical (unpaired) electrons. The number of rotatable bonds is 4. The minimum atomic E-state index is -0.0950. The van der Waals surface area contributed by atoms with E-state index in [4.69, 9.17) is 4.74 Å². The highest BCUT2D eigenvalue weighted by molar-refractivity contribution is 5.86. The number of carbonyl (C=O) groups is 1. The monoisotopic (exact) mass is 331 g/mol. The van der Waals surface area contributed by atoms with Crippen LogP contribution in [0.15, 0.2) is 66.7 Å². The summed E-state index contributed by atoms with van der Waals surface area (Å²) in [6.07, 6.45) is 0.350. The Morgan fingerprint density at radius 1 is 1.04 bits per heavy atom. The van der Waals surface area contributed by atoms with Crippen molar-refractivity contribution in [1.29, 1.82) is 0 Å². The summed E-state index contributed by atoms with van der Waals surface area (Å²) >= 11 is 0. The van der Waals surface area contributed by atoms with Crippen LogP contribution in [-0.2, 0) is 11.3 Å². The van der Waals surface area contributed by atoms with Gasteiger partial charge in [-0.25, -0.2) is 0 Å². The smallest absolute Gasteiger partial charge is 0.143 e. The lowest BCUT2D eigenvalue weighted by molar-refractivity contribution is -0.118. The fourth-order valence-electron chi connectivity index (χ4n) is 3.59. The van der Waals surface area contributed by atoms with Gasteiger partial charge in [0.2, 0.25) is 0 Å². The summed E-state index contributed by atoms with van der Waals surface area (Å²) in [5, 5.41) is 2.53. The molecule has 0 N–H and O–H groups in total. The van der Waals surface area contributed by atoms with E-state index in [0.29, 0.717) is 6.42 Å². The van der Waals surface area contributed by atoms with Crippen LogP contribution in [0.2, 0.25) is 0 Å². The number of ketones is 1. The van der Waals surface area contributed by atoms with E-state index < -0.39 is 0 Å². The molecular weight excluding hydrogens is 310 g/mol. The Morgan fingerprint density at radius 2 is 1.80 bits per heavy atom. The maximum atomic E-state index is 11.6. The number of Topliss-reactive ketones (excluding diaryl/α,β-unsaturated/α-hetero) is 1. The lowest BCUT2D eigenvalue weighted by atomic mass is 10.0. The zero-order valence-electron chi connectivity index (χ0n) is 14.3. The van der Waals surface area contributed by atoms with Crippen LogP contribution in [0.1, 0.15) is 18.9 Å². The summed E-state index contributed by atoms with van der Waals surface area (Å²) in [5.41, 5.74) is 2.38. The lowest BCUT2D eigenvalue weighted by Gasteiger charge is -2.36. The molecule has 0 unspecified atom stereocenters. The number of fused-ring (bicyclic) bond motifs is 2. The quantitative estimate of drug-likeness (QED) is 0.700. The van der Waals surface area contributed by atoms with Gasteiger partial charge < -0.3 is 9.64 Å². The Labute approximate surface area is 147 Å². The summed E-state index contributed by atoms with van der Waals surface area (Å²) in [7, 11) is 0. The van der Waals surface area contributed by atoms with Crippen molar-refractivity contribution in [2.45, 2.75) is 26.0 Å². The second-order valence-corrected chi connectivity index (χ2v) is 6.63. The van der Waals surface area contributed by atoms with E-state index in [0.717, 1.165) is 24.5 Å². The molecule has 0 fully saturated rings. The van der Waals surface area contributed by atoms with Crippen molar-refractivity contribution in [3.63, 3.8) is 0 Å². The molecular formula is C22H21NO2. The van der Waals surface area contributed by atoms with Crippen molar-refractivity contribution in [1.82, 2.24) is 0 Å². The maximum absolute atomic E-state index is 11.6. The molecule has 0 saturated heterocycles. The molecule has 1 atom stereocenters. The average Bonchev–Trinajstić information content (AvgIpc) is 2.61. The highest BCUT2D eigenvalue weighted by Gasteiger charge is 2.26. The SMILES string of the molecule is CC(=O)C[C@H]1CN(Cc2cccc3ccccc23)c2ccccc2O1. The molecule has 3 aromatic rings. The van der Waals surface area contributed by atoms with Crippen LogP contribution >= 0.6 is 0 Å². The number of ether oxygens (including phenoxy) is 1. The number of nitrogens with zero attached hydrogens (tertiary/aromatic N) is 1. The molecule has 126 valence electrons. The lowest BCUT2D eigenvalue weighted by Crippen LogP contribution is -2.40. The van der Waals surface area contributed by atoms with Gasteiger partial charge in [-0.3, -0.25) is 4.79 Å². The zero-order chi connectivity index (χ0) is 17.2. The highest BCUT2D eigenvalue weighted by Crippen LogP contribution is 2.35. The van der Waals surface area contributed by atoms with Gasteiger partial charge in [0.1, 0.15) is 17.6 Å². The highest BCUT2D eigenvalue weighted by atomic mass is 16.5. The van der Waals surface area contributed by atoms with Crippen LogP contribution in [0, 0.1) is 0 Å². The third-order valence-corrected chi connectivity index (χ3v) is 4.68. The molecule has 0 aromatic heterocycles. The molecule has 3 heteroatoms. The fraction of sp³-hybridized carbons (Fsp3) is 0.227. The van der Waals surface area contributed by atoms with Gasteiger partial charge in [0, 0.05) is 13.0 Å². The Hall–Kier alpha value is -2.81. The van der Waals surface area contributed by atoms with E-state index in [1.54, 1.807) is 6.92 Å². The second kappa shape index (κ2) is 6.60. The van der Waals surface area contributed by atoms with Gasteiger partial charge in [-0.1, -0.05) is 54.6 Å². The third-order valence-electron chi connectivity index (χ3n) is 4.68. The maximum Gasteiger partial charge on any atom is 0.143 e. The average molecular weight is 331 g/mol. The van der Waals surface area contributed by atoms with E-state index in [9.17, 15) is 4.79 Å². The summed E-state index contributed by atoms with van der Waals surface area (Å²) in [6.45, 7) is 3.15. The first-order valence-corrected chi connectivity index (χ1v) is 8.67. The van der Waals surface area contributed by atoms with Crippen molar-refractivity contribution in [3.8, 4) is 5.75 Å². The van der Waals surface area contributed by atoms with Crippen molar-refractivity contribution in [2.75, 3.05) is 11.4 Å². The molecule has 0 amide bonds. The largest absolute Gasteiger partial charge is 0.486 e. The van der Waals surface area contributed by atoms with Gasteiger partial charge >= 0.3 is 0 Å². The van der Waals surface area contributed by atoms with Gasteiger partial charge in [0.25, 0.3) is 0 Å². The molecule has 1 aliphatic heterocycles. The zero-order valence-corrected chi connectivity index (χ0v) is 14.3. The molecule has 3 aromatic carbocycles. The predicted molar refractivity (Wildman–Crippen MR) is 101 cm³/mol. The van der Waals surface area contributed by atoms with Crippen LogP contribution in [-0.4, -0.2) is 18.4 Å². The van der Waals surface area contributed by atoms with Crippen LogP contribution < -0.4 is 9.64 Å². The standard InChI is InChI=1S/C22H21NO2/c1-16(24)13-19-15-23(21-11-4-5-12-22(21)25-19)14-18-9-6-8-17-7-2-3-10-20(17)18/h2-12,19H,13-15H2,1H3/t19-/m0/s1. The summed E-state index contributed by atoms with van der Waals surface area (Å²) in [4.78, 5) is 13.9. The Balaban J connectivity index is 1.69. The Morgan fingerprint density at radius 3 is 2.68 bits per heavy atom. The van der Waals surface area contributed by atoms with Crippen LogP contribution in [0.25, 0.3) is 10.8 Å². The molecule has 0 saturated carbocycles. The predicted octanol–water partition coefficient (Wildman–Crippen LogP) is 4.59. The first kappa shape index (κ1) is 15.7. The van der Waals surface area contributed by atoms with Gasteiger partial charge in [-0.15, -0.1) is 0 Å². The van der Waals surface area contributed by atoms with Crippen molar-refractivity contribution >= 4 is 22.2 Å². The van der Waals surface area contributed by atoms with Crippen LogP contribution in [0.3, 0.4) is 0 Å². The molecule has 1 heterocycles. The minimum Gasteiger partial charge on any atom is -0.486 e. The summed E-state index contributed by atoms with van der Waals surface area (Å²) < 4.78 is 6.04. The van der Waals surface area contributed by atoms with Gasteiger partial charge in [0.05, 0.1) is 12.2 Å². The first-order valence-electron chi connectivity index (χ1n) is 8.67. The first-order chi connectivity index (χ1) is 12.2. The van der Waals surface area contributed by atoms with E-state index >= 15 is 0 Å². The normalized spacial score (nSPS) is 16.4. The van der Waals surface area contributed by atoms with Crippen molar-refractivity contribution < 1.29 is 9.53 Å². The molecule has 25 heavy (non-hydrogen) atoms. The van der Waals surface area contributed by atoms with E-state index in [-0.39, 0.29) is 11.9 Å².